The van der Waals surface area contributed by atoms with Crippen LogP contribution in [0.3, 0.4) is 0 Å². The maximum absolute atomic E-state index is 12.4. The van der Waals surface area contributed by atoms with Crippen LogP contribution in [0.25, 0.3) is 0 Å². The van der Waals surface area contributed by atoms with Crippen molar-refractivity contribution in [1.82, 2.24) is 4.90 Å². The number of ether oxygens (including phenoxy) is 2. The van der Waals surface area contributed by atoms with E-state index >= 15 is 0 Å². The summed E-state index contributed by atoms with van der Waals surface area (Å²) in [6.07, 6.45) is -0.198. The summed E-state index contributed by atoms with van der Waals surface area (Å²) in [5.41, 5.74) is 2.07. The van der Waals surface area contributed by atoms with Crippen LogP contribution >= 0.6 is 11.6 Å². The molecule has 1 atom stereocenters. The zero-order valence-corrected chi connectivity index (χ0v) is 14.3. The predicted octanol–water partition coefficient (Wildman–Crippen LogP) is 3.63. The van der Waals surface area contributed by atoms with E-state index in [0.29, 0.717) is 30.5 Å². The number of hydrogen-bond acceptors (Lipinski definition) is 3. The monoisotopic (exact) mass is 345 g/mol. The van der Waals surface area contributed by atoms with Crippen molar-refractivity contribution in [1.29, 1.82) is 0 Å². The van der Waals surface area contributed by atoms with Gasteiger partial charge >= 0.3 is 0 Å². The van der Waals surface area contributed by atoms with Crippen molar-refractivity contribution >= 4 is 17.5 Å². The van der Waals surface area contributed by atoms with Gasteiger partial charge in [0.2, 0.25) is 0 Å². The van der Waals surface area contributed by atoms with Crippen LogP contribution in [-0.4, -0.2) is 37.1 Å². The molecule has 1 fully saturated rings. The standard InChI is InChI=1S/C19H20ClNO3/c1-14-6-8-15(9-7-14)24-13-19(22)21-10-11-23-18(12-21)16-4-2-3-5-17(16)20/h2-9,18H,10-13H2,1H3. The average Bonchev–Trinajstić information content (AvgIpc) is 2.61. The Kier molecular flexibility index (Phi) is 5.38. The highest BCUT2D eigenvalue weighted by atomic mass is 35.5. The molecule has 3 rings (SSSR count). The van der Waals surface area contributed by atoms with Crippen molar-refractivity contribution < 1.29 is 14.3 Å². The Hall–Kier alpha value is -2.04. The van der Waals surface area contributed by atoms with E-state index in [0.717, 1.165) is 11.1 Å². The first-order chi connectivity index (χ1) is 11.6. The minimum atomic E-state index is -0.198. The van der Waals surface area contributed by atoms with Gasteiger partial charge in [0, 0.05) is 17.1 Å². The fourth-order valence-electron chi connectivity index (χ4n) is 2.67. The lowest BCUT2D eigenvalue weighted by Gasteiger charge is -2.33. The third-order valence-corrected chi connectivity index (χ3v) is 4.40. The number of amides is 1. The molecule has 1 unspecified atom stereocenters. The molecule has 5 heteroatoms. The SMILES string of the molecule is Cc1ccc(OCC(=O)N2CCOC(c3ccccc3Cl)C2)cc1. The minimum Gasteiger partial charge on any atom is -0.484 e. The normalized spacial score (nSPS) is 17.6. The Balaban J connectivity index is 1.59. The smallest absolute Gasteiger partial charge is 0.260 e. The van der Waals surface area contributed by atoms with Crippen LogP contribution < -0.4 is 4.74 Å². The number of carbonyl (C=O) groups excluding carboxylic acids is 1. The number of rotatable bonds is 4. The van der Waals surface area contributed by atoms with Gasteiger partial charge in [-0.25, -0.2) is 0 Å². The second-order valence-corrected chi connectivity index (χ2v) is 6.23. The van der Waals surface area contributed by atoms with Gasteiger partial charge < -0.3 is 14.4 Å². The lowest BCUT2D eigenvalue weighted by atomic mass is 10.1. The number of halogens is 1. The van der Waals surface area contributed by atoms with E-state index in [2.05, 4.69) is 0 Å². The molecule has 1 aliphatic heterocycles. The van der Waals surface area contributed by atoms with Crippen LogP contribution in [0, 0.1) is 6.92 Å². The van der Waals surface area contributed by atoms with E-state index in [1.807, 2.05) is 55.5 Å². The van der Waals surface area contributed by atoms with Gasteiger partial charge in [0.25, 0.3) is 5.91 Å². The van der Waals surface area contributed by atoms with Gasteiger partial charge in [0.15, 0.2) is 6.61 Å². The van der Waals surface area contributed by atoms with E-state index in [4.69, 9.17) is 21.1 Å². The summed E-state index contributed by atoms with van der Waals surface area (Å²) >= 11 is 6.23. The maximum atomic E-state index is 12.4. The van der Waals surface area contributed by atoms with Crippen molar-refractivity contribution in [2.75, 3.05) is 26.3 Å². The zero-order chi connectivity index (χ0) is 16.9. The molecular weight excluding hydrogens is 326 g/mol. The van der Waals surface area contributed by atoms with E-state index < -0.39 is 0 Å². The summed E-state index contributed by atoms with van der Waals surface area (Å²) < 4.78 is 11.4. The van der Waals surface area contributed by atoms with Gasteiger partial charge in [-0.05, 0) is 25.1 Å². The summed E-state index contributed by atoms with van der Waals surface area (Å²) in [5, 5.41) is 0.660. The lowest BCUT2D eigenvalue weighted by Crippen LogP contribution is -2.44. The molecule has 2 aromatic carbocycles. The predicted molar refractivity (Wildman–Crippen MR) is 93.4 cm³/mol. The molecule has 24 heavy (non-hydrogen) atoms. The number of aryl methyl sites for hydroxylation is 1. The molecule has 0 bridgehead atoms. The summed E-state index contributed by atoms with van der Waals surface area (Å²) in [4.78, 5) is 14.2. The van der Waals surface area contributed by atoms with Gasteiger partial charge in [0.05, 0.1) is 13.2 Å². The van der Waals surface area contributed by atoms with Crippen LogP contribution in [0.4, 0.5) is 0 Å². The van der Waals surface area contributed by atoms with Gasteiger partial charge in [0.1, 0.15) is 11.9 Å². The third-order valence-electron chi connectivity index (χ3n) is 4.05. The Morgan fingerprint density at radius 3 is 2.75 bits per heavy atom. The molecule has 2 aromatic rings. The van der Waals surface area contributed by atoms with Gasteiger partial charge in [-0.15, -0.1) is 0 Å². The van der Waals surface area contributed by atoms with Crippen LogP contribution in [0.2, 0.25) is 5.02 Å². The molecular formula is C19H20ClNO3. The molecule has 1 aliphatic rings. The van der Waals surface area contributed by atoms with Crippen molar-refractivity contribution in [3.8, 4) is 5.75 Å². The first kappa shape index (κ1) is 16.8. The second kappa shape index (κ2) is 7.69. The molecule has 4 nitrogen and oxygen atoms in total. The average molecular weight is 346 g/mol. The number of benzene rings is 2. The second-order valence-electron chi connectivity index (χ2n) is 5.82. The lowest BCUT2D eigenvalue weighted by molar-refractivity contribution is -0.141. The molecule has 1 amide bonds. The third kappa shape index (κ3) is 4.08. The molecule has 0 aliphatic carbocycles. The Morgan fingerprint density at radius 2 is 2.00 bits per heavy atom. The number of nitrogens with zero attached hydrogens (tertiary/aromatic N) is 1. The zero-order valence-electron chi connectivity index (χ0n) is 13.6. The number of morpholine rings is 1. The van der Waals surface area contributed by atoms with E-state index in [-0.39, 0.29) is 18.6 Å². The van der Waals surface area contributed by atoms with Crippen molar-refractivity contribution in [3.63, 3.8) is 0 Å². The summed E-state index contributed by atoms with van der Waals surface area (Å²) in [5.74, 6) is 0.654. The molecule has 0 N–H and O–H groups in total. The van der Waals surface area contributed by atoms with E-state index in [1.165, 1.54) is 0 Å². The highest BCUT2D eigenvalue weighted by molar-refractivity contribution is 6.31. The van der Waals surface area contributed by atoms with Crippen LogP contribution in [0.5, 0.6) is 5.75 Å². The topological polar surface area (TPSA) is 38.8 Å². The highest BCUT2D eigenvalue weighted by Gasteiger charge is 2.26. The first-order valence-corrected chi connectivity index (χ1v) is 8.34. The first-order valence-electron chi connectivity index (χ1n) is 7.97. The Morgan fingerprint density at radius 1 is 1.25 bits per heavy atom. The quantitative estimate of drug-likeness (QED) is 0.849. The van der Waals surface area contributed by atoms with Gasteiger partial charge in [-0.2, -0.15) is 0 Å². The Labute approximate surface area is 146 Å². The molecule has 1 heterocycles. The molecule has 1 saturated heterocycles. The Bertz CT molecular complexity index is 702. The van der Waals surface area contributed by atoms with Crippen LogP contribution in [0.15, 0.2) is 48.5 Å². The van der Waals surface area contributed by atoms with Crippen molar-refractivity contribution in [2.24, 2.45) is 0 Å². The fraction of sp³-hybridized carbons (Fsp3) is 0.316. The van der Waals surface area contributed by atoms with Crippen LogP contribution in [0.1, 0.15) is 17.2 Å². The summed E-state index contributed by atoms with van der Waals surface area (Å²) in [6, 6.07) is 15.2. The van der Waals surface area contributed by atoms with E-state index in [1.54, 1.807) is 4.90 Å². The largest absolute Gasteiger partial charge is 0.484 e. The molecule has 0 radical (unpaired) electrons. The van der Waals surface area contributed by atoms with Gasteiger partial charge in [-0.3, -0.25) is 4.79 Å². The van der Waals surface area contributed by atoms with E-state index in [9.17, 15) is 4.79 Å². The minimum absolute atomic E-state index is 0.0261. The molecule has 0 spiro atoms. The fourth-order valence-corrected chi connectivity index (χ4v) is 2.93. The van der Waals surface area contributed by atoms with Crippen molar-refractivity contribution in [2.45, 2.75) is 13.0 Å². The number of carbonyl (C=O) groups is 1. The maximum Gasteiger partial charge on any atom is 0.260 e. The summed E-state index contributed by atoms with van der Waals surface area (Å²) in [7, 11) is 0. The molecule has 0 aromatic heterocycles. The van der Waals surface area contributed by atoms with Crippen LogP contribution in [-0.2, 0) is 9.53 Å². The highest BCUT2D eigenvalue weighted by Crippen LogP contribution is 2.28. The number of hydrogen-bond donors (Lipinski definition) is 0. The molecule has 126 valence electrons. The van der Waals surface area contributed by atoms with Gasteiger partial charge in [-0.1, -0.05) is 47.5 Å². The van der Waals surface area contributed by atoms with Crippen molar-refractivity contribution in [3.05, 3.63) is 64.7 Å². The molecule has 0 saturated carbocycles. The summed E-state index contributed by atoms with van der Waals surface area (Å²) in [6.45, 7) is 3.58.